The molecule has 0 amide bonds. The van der Waals surface area contributed by atoms with Crippen LogP contribution in [0.4, 0.5) is 13.2 Å². The van der Waals surface area contributed by atoms with E-state index in [-0.39, 0.29) is 0 Å². The summed E-state index contributed by atoms with van der Waals surface area (Å²) in [6.07, 6.45) is -4.40. The largest absolute Gasteiger partial charge is 0.507 e. The molecule has 1 N–H and O–H groups in total. The number of phenols is 1. The number of halogens is 3. The average molecular weight is 161 g/mol. The topological polar surface area (TPSA) is 20.2 Å². The maximum Gasteiger partial charge on any atom is 0.416 e. The summed E-state index contributed by atoms with van der Waals surface area (Å²) in [5, 5.41) is 8.62. The zero-order valence-corrected chi connectivity index (χ0v) is 5.31. The molecule has 0 saturated carbocycles. The monoisotopic (exact) mass is 161 g/mol. The normalized spacial score (nSPS) is 11.5. The Hall–Kier alpha value is -1.19. The highest BCUT2D eigenvalue weighted by Crippen LogP contribution is 2.30. The zero-order chi connectivity index (χ0) is 8.48. The number of rotatable bonds is 0. The molecule has 0 atom stereocenters. The minimum Gasteiger partial charge on any atom is -0.507 e. The van der Waals surface area contributed by atoms with E-state index < -0.39 is 17.5 Å². The summed E-state index contributed by atoms with van der Waals surface area (Å²) >= 11 is 0. The van der Waals surface area contributed by atoms with Gasteiger partial charge in [0.25, 0.3) is 0 Å². The van der Waals surface area contributed by atoms with Gasteiger partial charge in [0.1, 0.15) is 5.75 Å². The first kappa shape index (κ1) is 7.91. The van der Waals surface area contributed by atoms with Crippen LogP contribution in [0.2, 0.25) is 0 Å². The van der Waals surface area contributed by atoms with Crippen molar-refractivity contribution < 1.29 is 18.3 Å². The molecule has 0 saturated heterocycles. The average Bonchev–Trinajstić information content (AvgIpc) is 1.86. The molecule has 0 aliphatic carbocycles. The molecule has 1 nitrogen and oxygen atoms in total. The highest BCUT2D eigenvalue weighted by Gasteiger charge is 2.30. The first-order valence-electron chi connectivity index (χ1n) is 2.78. The highest BCUT2D eigenvalue weighted by atomic mass is 19.4. The van der Waals surface area contributed by atoms with Gasteiger partial charge in [0.2, 0.25) is 0 Å². The van der Waals surface area contributed by atoms with Crippen molar-refractivity contribution in [3.63, 3.8) is 0 Å². The van der Waals surface area contributed by atoms with Crippen LogP contribution in [0.3, 0.4) is 0 Å². The number of hydrogen-bond acceptors (Lipinski definition) is 1. The minimum atomic E-state index is -4.40. The van der Waals surface area contributed by atoms with E-state index in [0.717, 1.165) is 12.1 Å². The molecular weight excluding hydrogens is 157 g/mol. The fraction of sp³-hybridized carbons (Fsp3) is 0.143. The van der Waals surface area contributed by atoms with Crippen LogP contribution >= 0.6 is 0 Å². The Balaban J connectivity index is 3.06. The van der Waals surface area contributed by atoms with Crippen LogP contribution in [0.25, 0.3) is 0 Å². The molecular formula is C7H4F3O. The van der Waals surface area contributed by atoms with Crippen LogP contribution in [-0.4, -0.2) is 5.11 Å². The molecule has 0 bridgehead atoms. The summed E-state index contributed by atoms with van der Waals surface area (Å²) in [7, 11) is 0. The van der Waals surface area contributed by atoms with E-state index >= 15 is 0 Å². The van der Waals surface area contributed by atoms with E-state index in [1.165, 1.54) is 0 Å². The molecule has 0 aliphatic heterocycles. The third-order valence-corrected chi connectivity index (χ3v) is 1.11. The van der Waals surface area contributed by atoms with Crippen molar-refractivity contribution >= 4 is 0 Å². The van der Waals surface area contributed by atoms with E-state index in [1.807, 2.05) is 0 Å². The molecule has 0 unspecified atom stereocenters. The fourth-order valence-electron chi connectivity index (χ4n) is 0.630. The van der Waals surface area contributed by atoms with Gasteiger partial charge in [0.15, 0.2) is 0 Å². The van der Waals surface area contributed by atoms with Gasteiger partial charge in [0, 0.05) is 6.07 Å². The number of alkyl halides is 3. The smallest absolute Gasteiger partial charge is 0.416 e. The Kier molecular flexibility index (Phi) is 1.76. The molecule has 0 spiro atoms. The number of aromatic hydroxyl groups is 1. The second-order valence-corrected chi connectivity index (χ2v) is 1.96. The van der Waals surface area contributed by atoms with Crippen molar-refractivity contribution in [3.8, 4) is 5.75 Å². The molecule has 11 heavy (non-hydrogen) atoms. The molecule has 0 heterocycles. The second kappa shape index (κ2) is 2.45. The van der Waals surface area contributed by atoms with E-state index in [9.17, 15) is 13.2 Å². The lowest BCUT2D eigenvalue weighted by Crippen LogP contribution is -2.03. The van der Waals surface area contributed by atoms with Crippen LogP contribution in [0.15, 0.2) is 18.2 Å². The maximum absolute atomic E-state index is 11.8. The lowest BCUT2D eigenvalue weighted by molar-refractivity contribution is -0.137. The van der Waals surface area contributed by atoms with Crippen molar-refractivity contribution in [1.82, 2.24) is 0 Å². The summed E-state index contributed by atoms with van der Waals surface area (Å²) in [6.45, 7) is 0. The SMILES string of the molecule is Oc1[c]ccc(C(F)(F)F)c1. The Labute approximate surface area is 61.1 Å². The molecule has 0 aromatic heterocycles. The quantitative estimate of drug-likeness (QED) is 0.618. The third-order valence-electron chi connectivity index (χ3n) is 1.11. The minimum absolute atomic E-state index is 0.500. The highest BCUT2D eigenvalue weighted by molar-refractivity contribution is 5.27. The molecule has 59 valence electrons. The molecule has 1 radical (unpaired) electrons. The first-order chi connectivity index (χ1) is 5.00. The van der Waals surface area contributed by atoms with Gasteiger partial charge in [-0.15, -0.1) is 0 Å². The van der Waals surface area contributed by atoms with E-state index in [4.69, 9.17) is 5.11 Å². The van der Waals surface area contributed by atoms with Crippen LogP contribution in [0.1, 0.15) is 5.56 Å². The summed E-state index contributed by atoms with van der Waals surface area (Å²) in [5.74, 6) is -0.500. The Morgan fingerprint density at radius 1 is 1.36 bits per heavy atom. The maximum atomic E-state index is 11.8. The van der Waals surface area contributed by atoms with Gasteiger partial charge < -0.3 is 5.11 Å². The van der Waals surface area contributed by atoms with Crippen molar-refractivity contribution in [2.24, 2.45) is 0 Å². The molecule has 0 aliphatic rings. The van der Waals surface area contributed by atoms with Crippen LogP contribution in [0.5, 0.6) is 5.75 Å². The van der Waals surface area contributed by atoms with Gasteiger partial charge in [-0.05, 0) is 18.2 Å². The number of phenolic OH excluding ortho intramolecular Hbond substituents is 1. The van der Waals surface area contributed by atoms with Crippen LogP contribution in [-0.2, 0) is 6.18 Å². The van der Waals surface area contributed by atoms with Gasteiger partial charge in [-0.3, -0.25) is 0 Å². The summed E-state index contributed by atoms with van der Waals surface area (Å²) < 4.78 is 35.5. The fourth-order valence-corrected chi connectivity index (χ4v) is 0.630. The van der Waals surface area contributed by atoms with E-state index in [2.05, 4.69) is 6.07 Å². The van der Waals surface area contributed by atoms with E-state index in [0.29, 0.717) is 6.07 Å². The lowest BCUT2D eigenvalue weighted by Gasteiger charge is -2.05. The Morgan fingerprint density at radius 2 is 2.00 bits per heavy atom. The van der Waals surface area contributed by atoms with Crippen molar-refractivity contribution in [1.29, 1.82) is 0 Å². The van der Waals surface area contributed by atoms with E-state index in [1.54, 1.807) is 0 Å². The summed E-state index contributed by atoms with van der Waals surface area (Å²) in [4.78, 5) is 0. The zero-order valence-electron chi connectivity index (χ0n) is 5.31. The van der Waals surface area contributed by atoms with Gasteiger partial charge in [-0.25, -0.2) is 0 Å². The van der Waals surface area contributed by atoms with Gasteiger partial charge in [-0.2, -0.15) is 13.2 Å². The predicted molar refractivity (Wildman–Crippen MR) is 31.9 cm³/mol. The van der Waals surface area contributed by atoms with Crippen molar-refractivity contribution in [3.05, 3.63) is 29.8 Å². The molecule has 1 aromatic carbocycles. The molecule has 0 fully saturated rings. The Bertz CT molecular complexity index is 254. The lowest BCUT2D eigenvalue weighted by atomic mass is 10.2. The summed E-state index contributed by atoms with van der Waals surface area (Å²) in [6, 6.07) is 4.70. The standard InChI is InChI=1S/C7H4F3O/c8-7(9,10)5-2-1-3-6(11)4-5/h1-2,4,11H. The predicted octanol–water partition coefficient (Wildman–Crippen LogP) is 2.21. The van der Waals surface area contributed by atoms with Crippen molar-refractivity contribution in [2.45, 2.75) is 6.18 Å². The Morgan fingerprint density at radius 3 is 2.36 bits per heavy atom. The molecule has 4 heteroatoms. The third kappa shape index (κ3) is 1.86. The number of benzene rings is 1. The second-order valence-electron chi connectivity index (χ2n) is 1.96. The molecule has 1 aromatic rings. The number of hydrogen-bond donors (Lipinski definition) is 1. The molecule has 1 rings (SSSR count). The van der Waals surface area contributed by atoms with Gasteiger partial charge in [0.05, 0.1) is 5.56 Å². The van der Waals surface area contributed by atoms with Gasteiger partial charge >= 0.3 is 6.18 Å². The van der Waals surface area contributed by atoms with Gasteiger partial charge in [-0.1, -0.05) is 0 Å². The van der Waals surface area contributed by atoms with Crippen molar-refractivity contribution in [2.75, 3.05) is 0 Å². The first-order valence-corrected chi connectivity index (χ1v) is 2.78. The van der Waals surface area contributed by atoms with Crippen LogP contribution < -0.4 is 0 Å². The van der Waals surface area contributed by atoms with Crippen LogP contribution in [0, 0.1) is 6.07 Å². The summed E-state index contributed by atoms with van der Waals surface area (Å²) in [5.41, 5.74) is -0.867.